The zero-order chi connectivity index (χ0) is 19.1. The van der Waals surface area contributed by atoms with Crippen molar-refractivity contribution >= 4 is 47.4 Å². The quantitative estimate of drug-likeness (QED) is 0.466. The highest BCUT2D eigenvalue weighted by atomic mass is 32.1. The first kappa shape index (κ1) is 17.9. The Morgan fingerprint density at radius 1 is 1.15 bits per heavy atom. The van der Waals surface area contributed by atoms with Gasteiger partial charge in [0.2, 0.25) is 0 Å². The summed E-state index contributed by atoms with van der Waals surface area (Å²) in [5, 5.41) is 1.99. The van der Waals surface area contributed by atoms with E-state index < -0.39 is 0 Å². The average molecular weight is 391 g/mol. The zero-order valence-electron chi connectivity index (χ0n) is 15.0. The first-order valence-corrected chi connectivity index (χ1v) is 9.95. The molecule has 0 saturated heterocycles. The maximum atomic E-state index is 14.8. The van der Waals surface area contributed by atoms with Crippen LogP contribution in [0.25, 0.3) is 15.8 Å². The van der Waals surface area contributed by atoms with Crippen LogP contribution in [-0.2, 0) is 0 Å². The minimum atomic E-state index is -0.265. The molecule has 1 aromatic heterocycles. The molecule has 1 aliphatic heterocycles. The predicted molar refractivity (Wildman–Crippen MR) is 120 cm³/mol. The molecule has 4 heteroatoms. The van der Waals surface area contributed by atoms with Crippen molar-refractivity contribution in [1.82, 2.24) is 0 Å². The van der Waals surface area contributed by atoms with Gasteiger partial charge in [-0.05, 0) is 59.1 Å². The molecule has 2 aromatic carbocycles. The topological polar surface area (TPSA) is 3.24 Å². The second-order valence-corrected chi connectivity index (χ2v) is 8.36. The van der Waals surface area contributed by atoms with Crippen LogP contribution in [0.5, 0.6) is 0 Å². The number of rotatable bonds is 3. The number of fused-ring (bicyclic) bond motifs is 1. The number of benzene rings is 2. The Balaban J connectivity index is 1.90. The minimum absolute atomic E-state index is 0.265. The Hall–Kier alpha value is -2.48. The fourth-order valence-electron chi connectivity index (χ4n) is 3.19. The van der Waals surface area contributed by atoms with E-state index in [-0.39, 0.29) is 5.82 Å². The SMILES string of the molecule is C=C(C)C1=CN(c2ccc(P)cc2F)C(c2cc3ccccc3s2)=CC1=C. The molecule has 134 valence electrons. The molecule has 1 nitrogen and oxygen atoms in total. The Kier molecular flexibility index (Phi) is 4.59. The van der Waals surface area contributed by atoms with Crippen molar-refractivity contribution in [3.05, 3.63) is 101 Å². The summed E-state index contributed by atoms with van der Waals surface area (Å²) >= 11 is 1.69. The van der Waals surface area contributed by atoms with E-state index in [4.69, 9.17) is 0 Å². The number of anilines is 1. The van der Waals surface area contributed by atoms with Crippen molar-refractivity contribution in [2.75, 3.05) is 4.90 Å². The summed E-state index contributed by atoms with van der Waals surface area (Å²) in [6, 6.07) is 15.6. The molecule has 4 rings (SSSR count). The number of nitrogens with zero attached hydrogens (tertiary/aromatic N) is 1. The maximum Gasteiger partial charge on any atom is 0.147 e. The molecule has 0 aliphatic carbocycles. The summed E-state index contributed by atoms with van der Waals surface area (Å²) in [5.41, 5.74) is 4.14. The van der Waals surface area contributed by atoms with Crippen LogP contribution in [0.2, 0.25) is 0 Å². The summed E-state index contributed by atoms with van der Waals surface area (Å²) < 4.78 is 16.0. The largest absolute Gasteiger partial charge is 0.312 e. The van der Waals surface area contributed by atoms with Gasteiger partial charge in [-0.15, -0.1) is 20.6 Å². The Morgan fingerprint density at radius 3 is 2.63 bits per heavy atom. The smallest absolute Gasteiger partial charge is 0.147 e. The highest BCUT2D eigenvalue weighted by Gasteiger charge is 2.23. The van der Waals surface area contributed by atoms with E-state index >= 15 is 0 Å². The lowest BCUT2D eigenvalue weighted by Crippen LogP contribution is -2.20. The summed E-state index contributed by atoms with van der Waals surface area (Å²) in [6.07, 6.45) is 3.95. The first-order chi connectivity index (χ1) is 12.9. The maximum absolute atomic E-state index is 14.8. The van der Waals surface area contributed by atoms with E-state index in [0.29, 0.717) is 5.69 Å². The highest BCUT2D eigenvalue weighted by molar-refractivity contribution is 7.27. The van der Waals surface area contributed by atoms with Crippen molar-refractivity contribution in [1.29, 1.82) is 0 Å². The van der Waals surface area contributed by atoms with Gasteiger partial charge >= 0.3 is 0 Å². The highest BCUT2D eigenvalue weighted by Crippen LogP contribution is 2.40. The van der Waals surface area contributed by atoms with Crippen LogP contribution in [0.1, 0.15) is 11.8 Å². The van der Waals surface area contributed by atoms with Crippen molar-refractivity contribution in [3.63, 3.8) is 0 Å². The van der Waals surface area contributed by atoms with Crippen LogP contribution in [0.3, 0.4) is 0 Å². The molecule has 1 aliphatic rings. The van der Waals surface area contributed by atoms with E-state index in [2.05, 4.69) is 40.6 Å². The van der Waals surface area contributed by atoms with Crippen LogP contribution < -0.4 is 10.2 Å². The van der Waals surface area contributed by atoms with Gasteiger partial charge in [-0.2, -0.15) is 0 Å². The minimum Gasteiger partial charge on any atom is -0.312 e. The van der Waals surface area contributed by atoms with Gasteiger partial charge in [0, 0.05) is 16.5 Å². The van der Waals surface area contributed by atoms with Crippen molar-refractivity contribution in [2.24, 2.45) is 0 Å². The lowest BCUT2D eigenvalue weighted by Gasteiger charge is -2.29. The summed E-state index contributed by atoms with van der Waals surface area (Å²) in [7, 11) is 2.53. The van der Waals surface area contributed by atoms with E-state index in [9.17, 15) is 4.39 Å². The molecule has 1 unspecified atom stereocenters. The Bertz CT molecular complexity index is 1120. The molecule has 0 saturated carbocycles. The third-order valence-electron chi connectivity index (χ3n) is 4.54. The molecule has 3 aromatic rings. The number of thiophene rings is 1. The summed E-state index contributed by atoms with van der Waals surface area (Å²) in [5.74, 6) is -0.265. The number of halogens is 1. The van der Waals surface area contributed by atoms with Gasteiger partial charge in [-0.3, -0.25) is 0 Å². The normalized spacial score (nSPS) is 14.3. The van der Waals surface area contributed by atoms with Crippen LogP contribution in [0.4, 0.5) is 10.1 Å². The van der Waals surface area contributed by atoms with E-state index in [1.54, 1.807) is 17.4 Å². The number of hydrogen-bond acceptors (Lipinski definition) is 2. The fourth-order valence-corrected chi connectivity index (χ4v) is 4.51. The monoisotopic (exact) mass is 391 g/mol. The van der Waals surface area contributed by atoms with Crippen LogP contribution in [-0.4, -0.2) is 0 Å². The van der Waals surface area contributed by atoms with Gasteiger partial charge in [0.1, 0.15) is 5.82 Å². The second-order valence-electron chi connectivity index (χ2n) is 6.61. The fraction of sp³-hybridized carbons (Fsp3) is 0.0435. The second kappa shape index (κ2) is 6.92. The van der Waals surface area contributed by atoms with Gasteiger partial charge in [-0.25, -0.2) is 4.39 Å². The third-order valence-corrected chi connectivity index (χ3v) is 6.04. The van der Waals surface area contributed by atoms with E-state index in [0.717, 1.165) is 32.6 Å². The van der Waals surface area contributed by atoms with E-state index in [1.807, 2.05) is 42.3 Å². The molecule has 0 spiro atoms. The van der Waals surface area contributed by atoms with Crippen LogP contribution in [0.15, 0.2) is 90.7 Å². The standard InChI is InChI=1S/C23H19FNPS/c1-14(2)18-13-25(20-9-8-17(26)12-19(20)24)21(10-15(18)3)23-11-16-6-4-5-7-22(16)27-23/h4-13H,1,3,26H2,2H3. The Morgan fingerprint density at radius 2 is 1.93 bits per heavy atom. The lowest BCUT2D eigenvalue weighted by atomic mass is 9.97. The Labute approximate surface area is 165 Å². The number of allylic oxidation sites excluding steroid dienone is 4. The van der Waals surface area contributed by atoms with Gasteiger partial charge < -0.3 is 4.90 Å². The van der Waals surface area contributed by atoms with Crippen LogP contribution in [0, 0.1) is 5.82 Å². The first-order valence-electron chi connectivity index (χ1n) is 8.56. The van der Waals surface area contributed by atoms with E-state index in [1.165, 1.54) is 16.2 Å². The van der Waals surface area contributed by atoms with Crippen molar-refractivity contribution < 1.29 is 4.39 Å². The third kappa shape index (κ3) is 3.29. The average Bonchev–Trinajstić information content (AvgIpc) is 3.05. The van der Waals surface area contributed by atoms with Gasteiger partial charge in [0.25, 0.3) is 0 Å². The molecule has 0 radical (unpaired) electrons. The molecule has 0 fully saturated rings. The van der Waals surface area contributed by atoms with Crippen LogP contribution >= 0.6 is 20.6 Å². The molecule has 0 N–H and O–H groups in total. The molecular weight excluding hydrogens is 372 g/mol. The lowest BCUT2D eigenvalue weighted by molar-refractivity contribution is 0.630. The summed E-state index contributed by atoms with van der Waals surface area (Å²) in [6.45, 7) is 10.2. The molecule has 0 amide bonds. The predicted octanol–water partition coefficient (Wildman–Crippen LogP) is 6.42. The summed E-state index contributed by atoms with van der Waals surface area (Å²) in [4.78, 5) is 2.98. The molecule has 27 heavy (non-hydrogen) atoms. The molecular formula is C23H19FNPS. The van der Waals surface area contributed by atoms with Crippen molar-refractivity contribution in [3.8, 4) is 0 Å². The number of hydrogen-bond donors (Lipinski definition) is 0. The van der Waals surface area contributed by atoms with Gasteiger partial charge in [0.05, 0.1) is 16.3 Å². The molecule has 1 atom stereocenters. The zero-order valence-corrected chi connectivity index (χ0v) is 17.0. The molecule has 2 heterocycles. The van der Waals surface area contributed by atoms with Gasteiger partial charge in [-0.1, -0.05) is 37.4 Å². The van der Waals surface area contributed by atoms with Gasteiger partial charge in [0.15, 0.2) is 0 Å². The van der Waals surface area contributed by atoms with Crippen molar-refractivity contribution in [2.45, 2.75) is 6.92 Å². The molecule has 0 bridgehead atoms.